The van der Waals surface area contributed by atoms with Crippen LogP contribution in [0.25, 0.3) is 0 Å². The van der Waals surface area contributed by atoms with Crippen molar-refractivity contribution in [2.24, 2.45) is 0 Å². The number of carbonyl (C=O) groups excluding carboxylic acids is 1. The van der Waals surface area contributed by atoms with Crippen LogP contribution < -0.4 is 15.4 Å². The van der Waals surface area contributed by atoms with Crippen LogP contribution >= 0.6 is 23.2 Å². The predicted molar refractivity (Wildman–Crippen MR) is 105 cm³/mol. The van der Waals surface area contributed by atoms with Crippen LogP contribution in [0.4, 0.5) is 17.2 Å². The van der Waals surface area contributed by atoms with E-state index in [0.717, 1.165) is 5.75 Å². The first-order chi connectivity index (χ1) is 12.6. The Morgan fingerprint density at radius 3 is 2.58 bits per heavy atom. The minimum absolute atomic E-state index is 0.252. The number of amides is 1. The van der Waals surface area contributed by atoms with E-state index in [1.807, 2.05) is 0 Å². The molecule has 7 heteroatoms. The summed E-state index contributed by atoms with van der Waals surface area (Å²) >= 11 is 12.2. The van der Waals surface area contributed by atoms with Crippen molar-refractivity contribution in [2.75, 3.05) is 17.7 Å². The zero-order valence-corrected chi connectivity index (χ0v) is 15.3. The second-order valence-electron chi connectivity index (χ2n) is 5.34. The number of halogens is 2. The number of pyridine rings is 1. The number of hydrogen-bond donors (Lipinski definition) is 2. The van der Waals surface area contributed by atoms with Crippen molar-refractivity contribution in [3.05, 3.63) is 76.4 Å². The molecule has 0 saturated carbocycles. The highest BCUT2D eigenvalue weighted by atomic mass is 35.5. The van der Waals surface area contributed by atoms with Gasteiger partial charge in [0.05, 0.1) is 22.8 Å². The van der Waals surface area contributed by atoms with Gasteiger partial charge in [-0.05, 0) is 48.5 Å². The number of nitrogens with zero attached hydrogens (tertiary/aromatic N) is 1. The van der Waals surface area contributed by atoms with Gasteiger partial charge in [-0.1, -0.05) is 29.3 Å². The first-order valence-electron chi connectivity index (χ1n) is 7.69. The van der Waals surface area contributed by atoms with Gasteiger partial charge >= 0.3 is 0 Å². The molecule has 5 nitrogen and oxygen atoms in total. The summed E-state index contributed by atoms with van der Waals surface area (Å²) in [5, 5.41) is 6.71. The number of benzene rings is 2. The molecular formula is C19H15Cl2N3O2. The van der Waals surface area contributed by atoms with Gasteiger partial charge < -0.3 is 15.4 Å². The molecule has 0 fully saturated rings. The minimum Gasteiger partial charge on any atom is -0.497 e. The molecule has 2 N–H and O–H groups in total. The lowest BCUT2D eigenvalue weighted by molar-refractivity contribution is 0.102. The Bertz CT molecular complexity index is 930. The quantitative estimate of drug-likeness (QED) is 0.615. The highest BCUT2D eigenvalue weighted by Crippen LogP contribution is 2.31. The van der Waals surface area contributed by atoms with Gasteiger partial charge in [0.1, 0.15) is 11.6 Å². The fourth-order valence-electron chi connectivity index (χ4n) is 2.26. The van der Waals surface area contributed by atoms with Crippen molar-refractivity contribution < 1.29 is 9.53 Å². The minimum atomic E-state index is -0.252. The Labute approximate surface area is 160 Å². The molecule has 2 aromatic carbocycles. The number of nitrogens with one attached hydrogen (secondary N) is 2. The van der Waals surface area contributed by atoms with Crippen LogP contribution in [0.15, 0.2) is 60.8 Å². The van der Waals surface area contributed by atoms with Crippen molar-refractivity contribution in [1.82, 2.24) is 4.98 Å². The molecule has 3 rings (SSSR count). The smallest absolute Gasteiger partial charge is 0.255 e. The van der Waals surface area contributed by atoms with Crippen molar-refractivity contribution in [3.8, 4) is 5.75 Å². The number of carbonyl (C=O) groups is 1. The van der Waals surface area contributed by atoms with Crippen molar-refractivity contribution >= 4 is 46.3 Å². The Kier molecular flexibility index (Phi) is 5.61. The Morgan fingerprint density at radius 1 is 1.08 bits per heavy atom. The van der Waals surface area contributed by atoms with E-state index in [-0.39, 0.29) is 5.91 Å². The maximum Gasteiger partial charge on any atom is 0.255 e. The van der Waals surface area contributed by atoms with E-state index < -0.39 is 0 Å². The van der Waals surface area contributed by atoms with Crippen LogP contribution in [-0.4, -0.2) is 18.0 Å². The molecule has 1 amide bonds. The van der Waals surface area contributed by atoms with Crippen LogP contribution in [0.5, 0.6) is 5.75 Å². The van der Waals surface area contributed by atoms with Gasteiger partial charge in [0, 0.05) is 17.4 Å². The van der Waals surface area contributed by atoms with E-state index in [9.17, 15) is 4.79 Å². The molecule has 1 aromatic heterocycles. The second kappa shape index (κ2) is 8.08. The lowest BCUT2D eigenvalue weighted by Crippen LogP contribution is -2.12. The molecule has 0 atom stereocenters. The van der Waals surface area contributed by atoms with E-state index in [2.05, 4.69) is 15.6 Å². The maximum absolute atomic E-state index is 12.4. The lowest BCUT2D eigenvalue weighted by Gasteiger charge is -2.10. The summed E-state index contributed by atoms with van der Waals surface area (Å²) in [4.78, 5) is 16.7. The number of anilines is 3. The molecule has 0 aliphatic rings. The molecule has 0 aliphatic carbocycles. The summed E-state index contributed by atoms with van der Waals surface area (Å²) < 4.78 is 5.10. The van der Waals surface area contributed by atoms with Gasteiger partial charge in [-0.3, -0.25) is 4.79 Å². The fourth-order valence-corrected chi connectivity index (χ4v) is 2.60. The molecule has 0 bridgehead atoms. The van der Waals surface area contributed by atoms with E-state index in [4.69, 9.17) is 27.9 Å². The maximum atomic E-state index is 12.4. The molecule has 132 valence electrons. The summed E-state index contributed by atoms with van der Waals surface area (Å²) in [5.74, 6) is 0.950. The van der Waals surface area contributed by atoms with Crippen molar-refractivity contribution in [1.29, 1.82) is 0 Å². The Hall–Kier alpha value is -2.76. The standard InChI is InChI=1S/C19H15Cl2N3O2/c1-26-14-7-5-13(6-8-14)23-19(25)12-9-10-22-17(11-12)24-16-4-2-3-15(20)18(16)21/h2-11H,1H3,(H,22,24)(H,23,25). The summed E-state index contributed by atoms with van der Waals surface area (Å²) in [6, 6.07) is 15.6. The third kappa shape index (κ3) is 4.25. The molecule has 26 heavy (non-hydrogen) atoms. The average molecular weight is 388 g/mol. The summed E-state index contributed by atoms with van der Waals surface area (Å²) in [6.45, 7) is 0. The Morgan fingerprint density at radius 2 is 1.85 bits per heavy atom. The van der Waals surface area contributed by atoms with Crippen LogP contribution in [-0.2, 0) is 0 Å². The summed E-state index contributed by atoms with van der Waals surface area (Å²) in [6.07, 6.45) is 1.55. The first-order valence-corrected chi connectivity index (χ1v) is 8.45. The number of aromatic nitrogens is 1. The summed E-state index contributed by atoms with van der Waals surface area (Å²) in [7, 11) is 1.59. The molecule has 0 saturated heterocycles. The van der Waals surface area contributed by atoms with Crippen LogP contribution in [0.2, 0.25) is 10.0 Å². The predicted octanol–water partition coefficient (Wildman–Crippen LogP) is 5.39. The van der Waals surface area contributed by atoms with Gasteiger partial charge in [-0.15, -0.1) is 0 Å². The van der Waals surface area contributed by atoms with Gasteiger partial charge in [-0.2, -0.15) is 0 Å². The van der Waals surface area contributed by atoms with Gasteiger partial charge in [0.2, 0.25) is 0 Å². The normalized spacial score (nSPS) is 10.3. The fraction of sp³-hybridized carbons (Fsp3) is 0.0526. The SMILES string of the molecule is COc1ccc(NC(=O)c2ccnc(Nc3cccc(Cl)c3Cl)c2)cc1. The van der Waals surface area contributed by atoms with Gasteiger partial charge in [0.15, 0.2) is 0 Å². The first kappa shape index (κ1) is 18.0. The zero-order valence-electron chi connectivity index (χ0n) is 13.8. The lowest BCUT2D eigenvalue weighted by atomic mass is 10.2. The average Bonchev–Trinajstić information content (AvgIpc) is 2.66. The van der Waals surface area contributed by atoms with E-state index in [1.54, 1.807) is 67.9 Å². The van der Waals surface area contributed by atoms with Crippen molar-refractivity contribution in [2.45, 2.75) is 0 Å². The number of hydrogen-bond acceptors (Lipinski definition) is 4. The zero-order chi connectivity index (χ0) is 18.5. The van der Waals surface area contributed by atoms with Crippen LogP contribution in [0.3, 0.4) is 0 Å². The van der Waals surface area contributed by atoms with Crippen LogP contribution in [0, 0.1) is 0 Å². The molecule has 1 heterocycles. The molecular weight excluding hydrogens is 373 g/mol. The third-order valence-electron chi connectivity index (χ3n) is 3.58. The van der Waals surface area contributed by atoms with Gasteiger partial charge in [0.25, 0.3) is 5.91 Å². The number of rotatable bonds is 5. The molecule has 0 spiro atoms. The molecule has 3 aromatic rings. The highest BCUT2D eigenvalue weighted by Gasteiger charge is 2.10. The second-order valence-corrected chi connectivity index (χ2v) is 6.12. The largest absolute Gasteiger partial charge is 0.497 e. The summed E-state index contributed by atoms with van der Waals surface area (Å²) in [5.41, 5.74) is 1.73. The molecule has 0 radical (unpaired) electrons. The topological polar surface area (TPSA) is 63.2 Å². The molecule has 0 aliphatic heterocycles. The monoisotopic (exact) mass is 387 g/mol. The molecule has 0 unspecified atom stereocenters. The van der Waals surface area contributed by atoms with E-state index in [1.165, 1.54) is 0 Å². The van der Waals surface area contributed by atoms with E-state index in [0.29, 0.717) is 32.8 Å². The number of methoxy groups -OCH3 is 1. The van der Waals surface area contributed by atoms with E-state index >= 15 is 0 Å². The van der Waals surface area contributed by atoms with Gasteiger partial charge in [-0.25, -0.2) is 4.98 Å². The third-order valence-corrected chi connectivity index (χ3v) is 4.40. The highest BCUT2D eigenvalue weighted by molar-refractivity contribution is 6.43. The number of ether oxygens (including phenoxy) is 1. The van der Waals surface area contributed by atoms with Crippen molar-refractivity contribution in [3.63, 3.8) is 0 Å². The Balaban J connectivity index is 1.75. The van der Waals surface area contributed by atoms with Crippen LogP contribution in [0.1, 0.15) is 10.4 Å².